The Morgan fingerprint density at radius 3 is 1.97 bits per heavy atom. The summed E-state index contributed by atoms with van der Waals surface area (Å²) in [5, 5.41) is 22.6. The fraction of sp³-hybridized carbons (Fsp3) is 0.846. The molecule has 1 aliphatic heterocycles. The van der Waals surface area contributed by atoms with Gasteiger partial charge in [0.2, 0.25) is 5.88 Å². The first-order valence-electron chi connectivity index (χ1n) is 12.6. The van der Waals surface area contributed by atoms with E-state index in [1.165, 1.54) is 6.20 Å². The smallest absolute Gasteiger partial charge is 0.320 e. The fourth-order valence-electron chi connectivity index (χ4n) is 3.40. The van der Waals surface area contributed by atoms with Gasteiger partial charge in [-0.05, 0) is 73.5 Å². The molecule has 1 aliphatic rings. The van der Waals surface area contributed by atoms with E-state index >= 15 is 0 Å². The Kier molecular flexibility index (Phi) is 8.98. The molecule has 10 heteroatoms. The van der Waals surface area contributed by atoms with Gasteiger partial charge >= 0.3 is 6.01 Å². The Labute approximate surface area is 218 Å². The molecule has 1 saturated heterocycles. The minimum absolute atomic E-state index is 0.00859. The maximum Gasteiger partial charge on any atom is 0.320 e. The summed E-state index contributed by atoms with van der Waals surface area (Å²) in [6.45, 7) is 25.6. The maximum atomic E-state index is 11.5. The first-order chi connectivity index (χ1) is 16.0. The monoisotopic (exact) mass is 528 g/mol. The molecule has 2 heterocycles. The lowest BCUT2D eigenvalue weighted by Crippen LogP contribution is -2.47. The number of hydrogen-bond donors (Lipinski definition) is 2. The fourth-order valence-corrected chi connectivity index (χ4v) is 4.42. The third kappa shape index (κ3) is 8.36. The summed E-state index contributed by atoms with van der Waals surface area (Å²) in [5.41, 5.74) is -0.783. The summed E-state index contributed by atoms with van der Waals surface area (Å²) in [6.07, 6.45) is -2.52. The van der Waals surface area contributed by atoms with Crippen LogP contribution >= 0.6 is 0 Å². The molecule has 0 radical (unpaired) electrons. The van der Waals surface area contributed by atoms with Crippen LogP contribution in [0.25, 0.3) is 0 Å². The second-order valence-corrected chi connectivity index (χ2v) is 18.3. The molecule has 0 unspecified atom stereocenters. The SMILES string of the molecule is CC(C)(C)Oc1ncc([C@@H](O)[C@@H]2OC(C)(C)O[C@@H]2[C@H](O)CO[Si](C)(C)C(C)(C)C)c(OC(C)(C)C)n1. The Morgan fingerprint density at radius 2 is 1.47 bits per heavy atom. The molecule has 1 fully saturated rings. The zero-order valence-electron chi connectivity index (χ0n) is 24.4. The topological polar surface area (TPSA) is 112 Å². The van der Waals surface area contributed by atoms with E-state index in [0.717, 1.165) is 0 Å². The average Bonchev–Trinajstić information content (AvgIpc) is 2.98. The minimum Gasteiger partial charge on any atom is -0.472 e. The largest absolute Gasteiger partial charge is 0.472 e. The molecule has 2 N–H and O–H groups in total. The van der Waals surface area contributed by atoms with Gasteiger partial charge in [0.25, 0.3) is 0 Å². The lowest BCUT2D eigenvalue weighted by Gasteiger charge is -2.37. The van der Waals surface area contributed by atoms with Gasteiger partial charge in [0, 0.05) is 6.20 Å². The summed E-state index contributed by atoms with van der Waals surface area (Å²) in [6, 6.07) is 0.140. The minimum atomic E-state index is -2.10. The van der Waals surface area contributed by atoms with Gasteiger partial charge < -0.3 is 33.6 Å². The normalized spacial score (nSPS) is 22.9. The zero-order chi connectivity index (χ0) is 27.9. The molecule has 0 spiro atoms. The van der Waals surface area contributed by atoms with Crippen LogP contribution in [0.15, 0.2) is 6.20 Å². The highest BCUT2D eigenvalue weighted by Crippen LogP contribution is 2.41. The van der Waals surface area contributed by atoms with E-state index in [-0.39, 0.29) is 23.5 Å². The Bertz CT molecular complexity index is 888. The van der Waals surface area contributed by atoms with Gasteiger partial charge in [-0.3, -0.25) is 0 Å². The van der Waals surface area contributed by atoms with Crippen LogP contribution in [0.1, 0.15) is 87.8 Å². The molecule has 0 bridgehead atoms. The van der Waals surface area contributed by atoms with Crippen LogP contribution in [0.4, 0.5) is 0 Å². The second-order valence-electron chi connectivity index (χ2n) is 13.5. The van der Waals surface area contributed by atoms with Crippen molar-refractivity contribution in [3.05, 3.63) is 11.8 Å². The van der Waals surface area contributed by atoms with Crippen LogP contribution < -0.4 is 9.47 Å². The second kappa shape index (κ2) is 10.5. The van der Waals surface area contributed by atoms with Crippen molar-refractivity contribution >= 4 is 8.32 Å². The Balaban J connectivity index is 2.36. The van der Waals surface area contributed by atoms with Gasteiger partial charge in [-0.1, -0.05) is 20.8 Å². The Morgan fingerprint density at radius 1 is 0.944 bits per heavy atom. The molecule has 1 aromatic rings. The summed E-state index contributed by atoms with van der Waals surface area (Å²) in [7, 11) is -2.10. The van der Waals surface area contributed by atoms with Crippen LogP contribution in [-0.4, -0.2) is 70.4 Å². The van der Waals surface area contributed by atoms with E-state index in [1.54, 1.807) is 13.8 Å². The first kappa shape index (κ1) is 30.9. The highest BCUT2D eigenvalue weighted by Gasteiger charge is 2.50. The molecule has 0 amide bonds. The van der Waals surface area contributed by atoms with E-state index in [2.05, 4.69) is 43.8 Å². The number of aromatic nitrogens is 2. The van der Waals surface area contributed by atoms with Crippen molar-refractivity contribution in [1.82, 2.24) is 9.97 Å². The molecule has 4 atom stereocenters. The number of aliphatic hydroxyl groups excluding tert-OH is 2. The molecule has 9 nitrogen and oxygen atoms in total. The van der Waals surface area contributed by atoms with Crippen molar-refractivity contribution in [1.29, 1.82) is 0 Å². The van der Waals surface area contributed by atoms with Crippen LogP contribution in [0.5, 0.6) is 11.9 Å². The van der Waals surface area contributed by atoms with E-state index in [4.69, 9.17) is 23.4 Å². The van der Waals surface area contributed by atoms with E-state index in [1.807, 2.05) is 41.5 Å². The summed E-state index contributed by atoms with van der Waals surface area (Å²) in [4.78, 5) is 8.74. The Hall–Kier alpha value is -1.30. The highest BCUT2D eigenvalue weighted by atomic mass is 28.4. The molecular weight excluding hydrogens is 480 g/mol. The quantitative estimate of drug-likeness (QED) is 0.461. The van der Waals surface area contributed by atoms with Gasteiger partial charge in [-0.2, -0.15) is 4.98 Å². The molecular formula is C26H48N2O7Si. The number of ether oxygens (including phenoxy) is 4. The zero-order valence-corrected chi connectivity index (χ0v) is 25.4. The molecule has 0 aromatic carbocycles. The van der Waals surface area contributed by atoms with Crippen LogP contribution in [0, 0.1) is 0 Å². The van der Waals surface area contributed by atoms with Crippen LogP contribution in [-0.2, 0) is 13.9 Å². The molecule has 0 aliphatic carbocycles. The number of nitrogens with zero attached hydrogens (tertiary/aromatic N) is 2. The predicted octanol–water partition coefficient (Wildman–Crippen LogP) is 4.77. The summed E-state index contributed by atoms with van der Waals surface area (Å²) in [5.74, 6) is -0.835. The van der Waals surface area contributed by atoms with Crippen molar-refractivity contribution in [2.24, 2.45) is 0 Å². The summed E-state index contributed by atoms with van der Waals surface area (Å²) < 4.78 is 30.2. The maximum absolute atomic E-state index is 11.5. The van der Waals surface area contributed by atoms with E-state index in [0.29, 0.717) is 5.56 Å². The number of aliphatic hydroxyl groups is 2. The van der Waals surface area contributed by atoms with Crippen LogP contribution in [0.3, 0.4) is 0 Å². The summed E-state index contributed by atoms with van der Waals surface area (Å²) >= 11 is 0. The standard InChI is InChI=1S/C26H48N2O7Si/c1-23(2,3)34-21-16(14-27-22(28-21)35-24(4,5)6)18(30)20-19(32-26(10,11)33-20)17(29)15-31-36(12,13)25(7,8)9/h14,17-20,29-30H,15H2,1-13H3/t17-,18-,19-,20+/m1/s1. The third-order valence-electron chi connectivity index (χ3n) is 6.15. The number of rotatable bonds is 8. The molecule has 36 heavy (non-hydrogen) atoms. The van der Waals surface area contributed by atoms with Crippen molar-refractivity contribution in [3.63, 3.8) is 0 Å². The lowest BCUT2D eigenvalue weighted by atomic mass is 9.99. The van der Waals surface area contributed by atoms with E-state index < -0.39 is 49.7 Å². The third-order valence-corrected chi connectivity index (χ3v) is 10.7. The van der Waals surface area contributed by atoms with Gasteiger partial charge in [-0.25, -0.2) is 4.98 Å². The van der Waals surface area contributed by atoms with Crippen molar-refractivity contribution < 1.29 is 33.6 Å². The van der Waals surface area contributed by atoms with Crippen molar-refractivity contribution in [2.45, 2.75) is 136 Å². The van der Waals surface area contributed by atoms with Crippen LogP contribution in [0.2, 0.25) is 18.1 Å². The predicted molar refractivity (Wildman–Crippen MR) is 141 cm³/mol. The van der Waals surface area contributed by atoms with Gasteiger partial charge in [0.15, 0.2) is 14.1 Å². The molecule has 2 rings (SSSR count). The molecule has 0 saturated carbocycles. The molecule has 208 valence electrons. The average molecular weight is 529 g/mol. The molecule has 1 aromatic heterocycles. The van der Waals surface area contributed by atoms with Gasteiger partial charge in [0.05, 0.1) is 12.2 Å². The van der Waals surface area contributed by atoms with E-state index in [9.17, 15) is 10.2 Å². The van der Waals surface area contributed by atoms with Gasteiger partial charge in [-0.15, -0.1) is 0 Å². The number of hydrogen-bond acceptors (Lipinski definition) is 9. The van der Waals surface area contributed by atoms with Crippen molar-refractivity contribution in [3.8, 4) is 11.9 Å². The lowest BCUT2D eigenvalue weighted by molar-refractivity contribution is -0.162. The van der Waals surface area contributed by atoms with Crippen molar-refractivity contribution in [2.75, 3.05) is 6.61 Å². The first-order valence-corrected chi connectivity index (χ1v) is 15.5. The highest BCUT2D eigenvalue weighted by molar-refractivity contribution is 6.74. The van der Waals surface area contributed by atoms with Gasteiger partial charge in [0.1, 0.15) is 35.6 Å².